The molecule has 1 fully saturated rings. The number of benzene rings is 1. The van der Waals surface area contributed by atoms with E-state index in [1.165, 1.54) is 24.5 Å². The van der Waals surface area contributed by atoms with Crippen LogP contribution in [0.5, 0.6) is 0 Å². The highest BCUT2D eigenvalue weighted by molar-refractivity contribution is 5.95. The number of amides is 1. The van der Waals surface area contributed by atoms with Gasteiger partial charge in [0.25, 0.3) is 5.91 Å². The van der Waals surface area contributed by atoms with Crippen molar-refractivity contribution in [1.82, 2.24) is 35.1 Å². The highest BCUT2D eigenvalue weighted by atomic mass is 19.4. The van der Waals surface area contributed by atoms with Crippen LogP contribution in [0.3, 0.4) is 0 Å². The van der Waals surface area contributed by atoms with Crippen LogP contribution < -0.4 is 16.0 Å². The molecule has 5 rings (SSSR count). The molecule has 9 nitrogen and oxygen atoms in total. The smallest absolute Gasteiger partial charge is 0.343 e. The second kappa shape index (κ2) is 8.95. The first kappa shape index (κ1) is 22.7. The lowest BCUT2D eigenvalue weighted by molar-refractivity contribution is -0.137. The minimum absolute atomic E-state index is 0.270. The second-order valence-electron chi connectivity index (χ2n) is 8.24. The molecule has 1 atom stereocenters. The van der Waals surface area contributed by atoms with Crippen molar-refractivity contribution in [2.75, 3.05) is 18.4 Å². The van der Waals surface area contributed by atoms with Gasteiger partial charge in [-0.05, 0) is 37.3 Å². The molecular formula is C23H21F3N8O. The van der Waals surface area contributed by atoms with Gasteiger partial charge in [0.05, 0.1) is 53.8 Å². The van der Waals surface area contributed by atoms with E-state index in [1.54, 1.807) is 25.5 Å². The summed E-state index contributed by atoms with van der Waals surface area (Å²) in [7, 11) is 0. The Hall–Kier alpha value is -4.06. The third-order valence-electron chi connectivity index (χ3n) is 5.79. The minimum Gasteiger partial charge on any atom is -0.343 e. The average molecular weight is 482 g/mol. The molecule has 1 aromatic carbocycles. The molecule has 12 heteroatoms. The molecule has 1 aliphatic rings. The highest BCUT2D eigenvalue weighted by Crippen LogP contribution is 2.30. The predicted molar refractivity (Wildman–Crippen MR) is 122 cm³/mol. The molecular weight excluding hydrogens is 461 g/mol. The number of aromatic nitrogens is 5. The predicted octanol–water partition coefficient (Wildman–Crippen LogP) is 3.62. The van der Waals surface area contributed by atoms with Gasteiger partial charge in [0, 0.05) is 18.8 Å². The molecule has 3 aromatic heterocycles. The Morgan fingerprint density at radius 3 is 2.49 bits per heavy atom. The number of carbonyl (C=O) groups is 1. The number of fused-ring (bicyclic) bond motifs is 1. The maximum atomic E-state index is 12.8. The lowest BCUT2D eigenvalue weighted by atomic mass is 10.1. The number of alkyl halides is 3. The first-order chi connectivity index (χ1) is 16.8. The van der Waals surface area contributed by atoms with Crippen LogP contribution in [-0.2, 0) is 6.18 Å². The standard InChI is InChI=1S/C23H21F3N8O/c1-13(18-9-30-21(11-29-18)33-15-4-2-14(3-5-15)23(24,25)26)32-22(35)17-6-20-19(10-28-17)31-12-34(20)16-7-27-8-16/h2-6,9-13,16,27H,7-8H2,1H3,(H,30,33)(H,32,35)/t13-/m1/s1. The molecule has 4 heterocycles. The number of halogens is 3. The van der Waals surface area contributed by atoms with E-state index < -0.39 is 17.8 Å². The van der Waals surface area contributed by atoms with Crippen LogP contribution >= 0.6 is 0 Å². The molecule has 1 aliphatic heterocycles. The molecule has 1 amide bonds. The molecule has 180 valence electrons. The zero-order valence-corrected chi connectivity index (χ0v) is 18.5. The average Bonchev–Trinajstić information content (AvgIpc) is 3.21. The first-order valence-electron chi connectivity index (χ1n) is 10.9. The zero-order chi connectivity index (χ0) is 24.6. The summed E-state index contributed by atoms with van der Waals surface area (Å²) in [6.07, 6.45) is 1.89. The van der Waals surface area contributed by atoms with E-state index in [0.717, 1.165) is 36.3 Å². The van der Waals surface area contributed by atoms with Crippen molar-refractivity contribution in [3.05, 3.63) is 72.2 Å². The summed E-state index contributed by atoms with van der Waals surface area (Å²) in [5, 5.41) is 8.98. The van der Waals surface area contributed by atoms with Crippen molar-refractivity contribution < 1.29 is 18.0 Å². The van der Waals surface area contributed by atoms with Crippen molar-refractivity contribution >= 4 is 28.4 Å². The van der Waals surface area contributed by atoms with E-state index in [0.29, 0.717) is 23.2 Å². The summed E-state index contributed by atoms with van der Waals surface area (Å²) in [4.78, 5) is 30.0. The van der Waals surface area contributed by atoms with Crippen molar-refractivity contribution in [1.29, 1.82) is 0 Å². The molecule has 0 spiro atoms. The van der Waals surface area contributed by atoms with Gasteiger partial charge in [-0.1, -0.05) is 0 Å². The third kappa shape index (κ3) is 4.78. The van der Waals surface area contributed by atoms with Gasteiger partial charge in [-0.25, -0.2) is 15.0 Å². The highest BCUT2D eigenvalue weighted by Gasteiger charge is 2.30. The number of nitrogens with zero attached hydrogens (tertiary/aromatic N) is 5. The van der Waals surface area contributed by atoms with Crippen LogP contribution in [-0.4, -0.2) is 43.5 Å². The van der Waals surface area contributed by atoms with Crippen LogP contribution in [0.25, 0.3) is 11.0 Å². The second-order valence-corrected chi connectivity index (χ2v) is 8.24. The number of nitrogens with one attached hydrogen (secondary N) is 3. The molecule has 0 aliphatic carbocycles. The van der Waals surface area contributed by atoms with Crippen molar-refractivity contribution in [3.8, 4) is 0 Å². The van der Waals surface area contributed by atoms with Crippen molar-refractivity contribution in [3.63, 3.8) is 0 Å². The van der Waals surface area contributed by atoms with Crippen LogP contribution in [0.4, 0.5) is 24.7 Å². The maximum Gasteiger partial charge on any atom is 0.416 e. The van der Waals surface area contributed by atoms with Crippen molar-refractivity contribution in [2.24, 2.45) is 0 Å². The van der Waals surface area contributed by atoms with Gasteiger partial charge in [0.2, 0.25) is 0 Å². The number of pyridine rings is 1. The van der Waals surface area contributed by atoms with Gasteiger partial charge >= 0.3 is 6.18 Å². The Morgan fingerprint density at radius 1 is 1.09 bits per heavy atom. The van der Waals surface area contributed by atoms with Gasteiger partial charge in [-0.15, -0.1) is 0 Å². The Bertz CT molecular complexity index is 1350. The summed E-state index contributed by atoms with van der Waals surface area (Å²) >= 11 is 0. The number of hydrogen-bond acceptors (Lipinski definition) is 7. The first-order valence-corrected chi connectivity index (χ1v) is 10.9. The summed E-state index contributed by atoms with van der Waals surface area (Å²) in [5.74, 6) is 0.00513. The number of rotatable bonds is 6. The molecule has 3 N–H and O–H groups in total. The SMILES string of the molecule is C[C@@H](NC(=O)c1cc2c(cn1)ncn2C1CNC1)c1cnc(Nc2ccc(C(F)(F)F)cc2)cn1. The van der Waals surface area contributed by atoms with Crippen molar-refractivity contribution in [2.45, 2.75) is 25.2 Å². The van der Waals surface area contributed by atoms with Gasteiger partial charge in [-0.2, -0.15) is 13.2 Å². The van der Waals surface area contributed by atoms with Gasteiger partial charge < -0.3 is 20.5 Å². The van der Waals surface area contributed by atoms with Crippen LogP contribution in [0.1, 0.15) is 40.8 Å². The Labute approximate surface area is 197 Å². The van der Waals surface area contributed by atoms with Crippen LogP contribution in [0, 0.1) is 0 Å². The third-order valence-corrected chi connectivity index (χ3v) is 5.79. The number of anilines is 2. The fraction of sp³-hybridized carbons (Fsp3) is 0.261. The zero-order valence-electron chi connectivity index (χ0n) is 18.5. The van der Waals surface area contributed by atoms with E-state index in [1.807, 2.05) is 4.57 Å². The van der Waals surface area contributed by atoms with Crippen LogP contribution in [0.2, 0.25) is 0 Å². The lowest BCUT2D eigenvalue weighted by Crippen LogP contribution is -2.43. The molecule has 0 saturated carbocycles. The van der Waals surface area contributed by atoms with E-state index in [4.69, 9.17) is 0 Å². The summed E-state index contributed by atoms with van der Waals surface area (Å²) in [6.45, 7) is 3.48. The maximum absolute atomic E-state index is 12.8. The minimum atomic E-state index is -4.39. The fourth-order valence-corrected chi connectivity index (χ4v) is 3.68. The topological polar surface area (TPSA) is 110 Å². The quantitative estimate of drug-likeness (QED) is 0.385. The molecule has 0 bridgehead atoms. The van der Waals surface area contributed by atoms with Crippen LogP contribution in [0.15, 0.2) is 55.2 Å². The monoisotopic (exact) mass is 482 g/mol. The van der Waals surface area contributed by atoms with E-state index in [9.17, 15) is 18.0 Å². The van der Waals surface area contributed by atoms with E-state index >= 15 is 0 Å². The lowest BCUT2D eigenvalue weighted by Gasteiger charge is -2.28. The molecule has 4 aromatic rings. The molecule has 1 saturated heterocycles. The molecule has 35 heavy (non-hydrogen) atoms. The normalized spacial score (nSPS) is 15.0. The van der Waals surface area contributed by atoms with E-state index in [2.05, 4.69) is 35.9 Å². The summed E-state index contributed by atoms with van der Waals surface area (Å²) < 4.78 is 40.2. The fourth-order valence-electron chi connectivity index (χ4n) is 3.68. The largest absolute Gasteiger partial charge is 0.416 e. The summed E-state index contributed by atoms with van der Waals surface area (Å²) in [6, 6.07) is 6.20. The van der Waals surface area contributed by atoms with Gasteiger partial charge in [-0.3, -0.25) is 9.78 Å². The molecule has 0 unspecified atom stereocenters. The van der Waals surface area contributed by atoms with E-state index in [-0.39, 0.29) is 11.6 Å². The van der Waals surface area contributed by atoms with Gasteiger partial charge in [0.15, 0.2) is 0 Å². The van der Waals surface area contributed by atoms with Gasteiger partial charge in [0.1, 0.15) is 17.0 Å². The Balaban J connectivity index is 1.23. The Kier molecular flexibility index (Phi) is 5.81. The Morgan fingerprint density at radius 2 is 1.86 bits per heavy atom. The number of hydrogen-bond donors (Lipinski definition) is 3. The number of carbonyl (C=O) groups excluding carboxylic acids is 1. The molecule has 0 radical (unpaired) electrons. The number of imidazole rings is 1. The summed E-state index contributed by atoms with van der Waals surface area (Å²) in [5.41, 5.74) is 2.08.